The van der Waals surface area contributed by atoms with Gasteiger partial charge in [-0.15, -0.1) is 0 Å². The topological polar surface area (TPSA) is 60.3 Å². The van der Waals surface area contributed by atoms with Crippen molar-refractivity contribution in [1.82, 2.24) is 10.3 Å². The van der Waals surface area contributed by atoms with Gasteiger partial charge in [-0.05, 0) is 58.8 Å². The van der Waals surface area contributed by atoms with Crippen molar-refractivity contribution in [3.05, 3.63) is 29.6 Å². The lowest BCUT2D eigenvalue weighted by Gasteiger charge is -2.34. The van der Waals surface area contributed by atoms with Crippen LogP contribution in [0.2, 0.25) is 0 Å². The number of piperidine rings is 1. The number of aromatic nitrogens is 1. The van der Waals surface area contributed by atoms with Gasteiger partial charge in [0, 0.05) is 23.6 Å². The molecule has 0 bridgehead atoms. The van der Waals surface area contributed by atoms with E-state index < -0.39 is 11.4 Å². The molecule has 4 nitrogen and oxygen atoms in total. The van der Waals surface area contributed by atoms with Gasteiger partial charge in [-0.1, -0.05) is 4.40 Å². The molecule has 2 aliphatic rings. The fourth-order valence-electron chi connectivity index (χ4n) is 3.17. The summed E-state index contributed by atoms with van der Waals surface area (Å²) in [6.07, 6.45) is 4.87. The van der Waals surface area contributed by atoms with E-state index in [4.69, 9.17) is 0 Å². The quantitative estimate of drug-likeness (QED) is 0.810. The highest BCUT2D eigenvalue weighted by atomic mass is 32.2. The highest BCUT2D eigenvalue weighted by Gasteiger charge is 2.46. The Kier molecular flexibility index (Phi) is 3.84. The van der Waals surface area contributed by atoms with Gasteiger partial charge in [0.25, 0.3) is 0 Å². The van der Waals surface area contributed by atoms with Crippen molar-refractivity contribution < 1.29 is 4.55 Å². The van der Waals surface area contributed by atoms with E-state index in [9.17, 15) is 4.55 Å². The Hall–Kier alpha value is -0.910. The summed E-state index contributed by atoms with van der Waals surface area (Å²) in [5.74, 6) is 0. The number of nitrogens with one attached hydrogen (secondary N) is 1. The summed E-state index contributed by atoms with van der Waals surface area (Å²) < 4.78 is 16.9. The molecule has 1 atom stereocenters. The summed E-state index contributed by atoms with van der Waals surface area (Å²) in [6.45, 7) is 7.91. The number of hydrogen-bond acceptors (Lipinski definition) is 4. The number of nitrogens with zero attached hydrogens (tertiary/aromatic N) is 2. The van der Waals surface area contributed by atoms with E-state index in [2.05, 4.69) is 20.8 Å². The Morgan fingerprint density at radius 3 is 2.71 bits per heavy atom. The van der Waals surface area contributed by atoms with Crippen molar-refractivity contribution in [3.8, 4) is 0 Å². The highest BCUT2D eigenvalue weighted by molar-refractivity contribution is 7.91. The van der Waals surface area contributed by atoms with Crippen molar-refractivity contribution in [1.29, 1.82) is 0 Å². The normalized spacial score (nSPS) is 24.3. The molecule has 114 valence electrons. The summed E-state index contributed by atoms with van der Waals surface area (Å²) in [5, 5.41) is 3.42. The summed E-state index contributed by atoms with van der Waals surface area (Å²) in [5.41, 5.74) is 3.28. The molecule has 0 saturated carbocycles. The molecule has 1 saturated heterocycles. The minimum atomic E-state index is -1.22. The first-order chi connectivity index (χ1) is 9.92. The van der Waals surface area contributed by atoms with E-state index in [1.54, 1.807) is 0 Å². The largest absolute Gasteiger partial charge is 0.591 e. The molecule has 2 heterocycles. The van der Waals surface area contributed by atoms with Crippen molar-refractivity contribution >= 4 is 17.1 Å². The average Bonchev–Trinajstić information content (AvgIpc) is 2.72. The Labute approximate surface area is 129 Å². The smallest absolute Gasteiger partial charge is 0.144 e. The molecule has 5 heteroatoms. The SMILES string of the molecule is CC(C)(C)[S@@+]([O-])N=C1c2cccnc2CC12CCNCC2. The van der Waals surface area contributed by atoms with Crippen LogP contribution in [-0.4, -0.2) is 33.1 Å². The van der Waals surface area contributed by atoms with Crippen LogP contribution in [0, 0.1) is 5.41 Å². The number of hydrogen-bond donors (Lipinski definition) is 1. The van der Waals surface area contributed by atoms with Crippen molar-refractivity contribution in [2.45, 2.75) is 44.8 Å². The third-order valence-electron chi connectivity index (χ3n) is 4.41. The Morgan fingerprint density at radius 2 is 2.05 bits per heavy atom. The Morgan fingerprint density at radius 1 is 1.33 bits per heavy atom. The maximum atomic E-state index is 12.5. The van der Waals surface area contributed by atoms with Gasteiger partial charge in [0.2, 0.25) is 0 Å². The second-order valence-electron chi connectivity index (χ2n) is 7.01. The molecule has 0 aromatic carbocycles. The number of fused-ring (bicyclic) bond motifs is 1. The molecule has 1 fully saturated rings. The summed E-state index contributed by atoms with van der Waals surface area (Å²) in [6, 6.07) is 4.03. The zero-order valence-electron chi connectivity index (χ0n) is 13.0. The monoisotopic (exact) mass is 305 g/mol. The standard InChI is InChI=1S/C16H23N3OS/c1-15(2,3)21(20)19-14-12-5-4-8-18-13(12)11-16(14)6-9-17-10-7-16/h4-5,8,17H,6-7,9-11H2,1-3H3/t21-/m1/s1. The highest BCUT2D eigenvalue weighted by Crippen LogP contribution is 2.43. The molecule has 3 rings (SSSR count). The zero-order valence-corrected chi connectivity index (χ0v) is 13.8. The second kappa shape index (κ2) is 5.38. The molecule has 1 spiro atoms. The van der Waals surface area contributed by atoms with Crippen LogP contribution in [0.5, 0.6) is 0 Å². The van der Waals surface area contributed by atoms with Gasteiger partial charge >= 0.3 is 0 Å². The lowest BCUT2D eigenvalue weighted by molar-refractivity contribution is 0.305. The maximum Gasteiger partial charge on any atom is 0.144 e. The lowest BCUT2D eigenvalue weighted by Crippen LogP contribution is -2.42. The molecule has 1 aromatic heterocycles. The van der Waals surface area contributed by atoms with Crippen molar-refractivity contribution in [2.24, 2.45) is 9.81 Å². The summed E-state index contributed by atoms with van der Waals surface area (Å²) in [4.78, 5) is 4.53. The van der Waals surface area contributed by atoms with Gasteiger partial charge in [0.15, 0.2) is 0 Å². The molecule has 1 N–H and O–H groups in total. The van der Waals surface area contributed by atoms with Crippen molar-refractivity contribution in [3.63, 3.8) is 0 Å². The Balaban J connectivity index is 2.05. The fourth-order valence-corrected chi connectivity index (χ4v) is 3.90. The summed E-state index contributed by atoms with van der Waals surface area (Å²) >= 11 is -1.22. The lowest BCUT2D eigenvalue weighted by atomic mass is 9.75. The van der Waals surface area contributed by atoms with Crippen LogP contribution in [0.3, 0.4) is 0 Å². The van der Waals surface area contributed by atoms with Gasteiger partial charge in [-0.2, -0.15) is 0 Å². The van der Waals surface area contributed by atoms with E-state index in [-0.39, 0.29) is 10.2 Å². The Bertz CT molecular complexity index is 559. The van der Waals surface area contributed by atoms with Gasteiger partial charge in [-0.25, -0.2) is 0 Å². The third kappa shape index (κ3) is 2.74. The van der Waals surface area contributed by atoms with E-state index >= 15 is 0 Å². The molecule has 21 heavy (non-hydrogen) atoms. The summed E-state index contributed by atoms with van der Waals surface area (Å²) in [7, 11) is 0. The van der Waals surface area contributed by atoms with E-state index in [1.807, 2.05) is 33.0 Å². The van der Waals surface area contributed by atoms with E-state index in [1.165, 1.54) is 0 Å². The number of pyridine rings is 1. The average molecular weight is 305 g/mol. The molecule has 0 amide bonds. The third-order valence-corrected chi connectivity index (χ3v) is 5.81. The first kappa shape index (κ1) is 15.0. The van der Waals surface area contributed by atoms with Crippen LogP contribution in [0.1, 0.15) is 44.9 Å². The maximum absolute atomic E-state index is 12.5. The predicted octanol–water partition coefficient (Wildman–Crippen LogP) is 2.26. The van der Waals surface area contributed by atoms with Crippen LogP contribution < -0.4 is 5.32 Å². The fraction of sp³-hybridized carbons (Fsp3) is 0.625. The second-order valence-corrected chi connectivity index (χ2v) is 8.91. The van der Waals surface area contributed by atoms with E-state index in [0.29, 0.717) is 0 Å². The van der Waals surface area contributed by atoms with Gasteiger partial charge < -0.3 is 9.87 Å². The number of rotatable bonds is 1. The van der Waals surface area contributed by atoms with Crippen LogP contribution in [-0.2, 0) is 17.8 Å². The van der Waals surface area contributed by atoms with Crippen LogP contribution in [0.4, 0.5) is 0 Å². The predicted molar refractivity (Wildman–Crippen MR) is 86.9 cm³/mol. The molecular formula is C16H23N3OS. The molecular weight excluding hydrogens is 282 g/mol. The molecule has 1 aromatic rings. The minimum absolute atomic E-state index is 0.0306. The first-order valence-corrected chi connectivity index (χ1v) is 8.69. The van der Waals surface area contributed by atoms with Crippen molar-refractivity contribution in [2.75, 3.05) is 13.1 Å². The van der Waals surface area contributed by atoms with Gasteiger partial charge in [0.1, 0.15) is 21.8 Å². The van der Waals surface area contributed by atoms with Gasteiger partial charge in [-0.3, -0.25) is 4.98 Å². The molecule has 0 unspecified atom stereocenters. The van der Waals surface area contributed by atoms with Crippen LogP contribution in [0.15, 0.2) is 22.7 Å². The molecule has 0 radical (unpaired) electrons. The van der Waals surface area contributed by atoms with E-state index in [0.717, 1.165) is 49.3 Å². The van der Waals surface area contributed by atoms with Crippen LogP contribution >= 0.6 is 0 Å². The van der Waals surface area contributed by atoms with Gasteiger partial charge in [0.05, 0.1) is 5.69 Å². The molecule has 1 aliphatic carbocycles. The minimum Gasteiger partial charge on any atom is -0.591 e. The first-order valence-electron chi connectivity index (χ1n) is 7.59. The zero-order chi connectivity index (χ0) is 15.1. The van der Waals surface area contributed by atoms with Crippen LogP contribution in [0.25, 0.3) is 0 Å². The molecule has 1 aliphatic heterocycles.